The summed E-state index contributed by atoms with van der Waals surface area (Å²) >= 11 is 0. The van der Waals surface area contributed by atoms with Crippen LogP contribution in [0.2, 0.25) is 0 Å². The Morgan fingerprint density at radius 3 is 2.74 bits per heavy atom. The molecule has 6 heterocycles. The van der Waals surface area contributed by atoms with E-state index in [0.717, 1.165) is 38.6 Å². The maximum Gasteiger partial charge on any atom is 0.319 e. The van der Waals surface area contributed by atoms with Crippen molar-refractivity contribution in [2.45, 2.75) is 62.8 Å². The number of phenols is 1. The van der Waals surface area contributed by atoms with Crippen LogP contribution in [-0.2, 0) is 4.74 Å². The van der Waals surface area contributed by atoms with Gasteiger partial charge in [0.1, 0.15) is 47.1 Å². The molecule has 4 fully saturated rings. The minimum absolute atomic E-state index is 0.0153. The molecule has 3 atom stereocenters. The Hall–Kier alpha value is -4.14. The molecule has 11 heteroatoms. The summed E-state index contributed by atoms with van der Waals surface area (Å²) in [6, 6.07) is 6.94. The van der Waals surface area contributed by atoms with Crippen LogP contribution in [-0.4, -0.2) is 81.7 Å². The van der Waals surface area contributed by atoms with Crippen LogP contribution in [0.3, 0.4) is 0 Å². The fourth-order valence-electron chi connectivity index (χ4n) is 7.96. The fraction of sp³-hybridized carbons (Fsp3) is 0.457. The Morgan fingerprint density at radius 1 is 1.09 bits per heavy atom. The molecule has 1 spiro atoms. The minimum atomic E-state index is -0.924. The SMILES string of the molecule is CC#Cc1nc(-c2cc(O)cc3ccc(F)cc23)c(F)c2nc(OC[C@@]34CCCN3C[C@H](F)C4)nc(N3CCCC4(CCO4)C3)c12. The number of piperidine rings is 1. The van der Waals surface area contributed by atoms with Crippen LogP contribution in [0.1, 0.15) is 51.1 Å². The standard InChI is InChI=1S/C35H34F3N5O3/c1-2-5-27-28-31(29(38)30(39-27)26-16-24(44)14-21-6-7-22(36)15-25(21)26)40-33(45-20-34-8-3-12-43(34)18-23(37)17-34)41-32(28)42-11-4-9-35(19-42)10-13-46-35/h6-7,14-16,23,44H,3-4,8-13,17-20H2,1H3/t23-,34+,35?/m1/s1. The van der Waals surface area contributed by atoms with Crippen molar-refractivity contribution in [2.24, 2.45) is 0 Å². The normalized spacial score (nSPS) is 25.9. The van der Waals surface area contributed by atoms with Crippen LogP contribution in [0, 0.1) is 23.5 Å². The highest BCUT2D eigenvalue weighted by Crippen LogP contribution is 2.43. The van der Waals surface area contributed by atoms with Gasteiger partial charge in [-0.25, -0.2) is 18.2 Å². The predicted octanol–water partition coefficient (Wildman–Crippen LogP) is 5.91. The van der Waals surface area contributed by atoms with Crippen molar-refractivity contribution in [3.05, 3.63) is 47.7 Å². The van der Waals surface area contributed by atoms with Gasteiger partial charge >= 0.3 is 6.01 Å². The molecule has 4 aromatic rings. The zero-order valence-corrected chi connectivity index (χ0v) is 25.6. The zero-order chi connectivity index (χ0) is 31.6. The van der Waals surface area contributed by atoms with Gasteiger partial charge in [-0.15, -0.1) is 0 Å². The average Bonchev–Trinajstić information content (AvgIpc) is 3.56. The first kappa shape index (κ1) is 29.3. The smallest absolute Gasteiger partial charge is 0.319 e. The predicted molar refractivity (Wildman–Crippen MR) is 168 cm³/mol. The number of phenolic OH excluding ortho intramolecular Hbond substituents is 1. The quantitative estimate of drug-likeness (QED) is 0.273. The molecule has 4 saturated heterocycles. The van der Waals surface area contributed by atoms with E-state index in [1.165, 1.54) is 30.3 Å². The molecular formula is C35H34F3N5O3. The van der Waals surface area contributed by atoms with Crippen molar-refractivity contribution in [1.82, 2.24) is 19.9 Å². The molecule has 2 aromatic heterocycles. The number of fused-ring (bicyclic) bond motifs is 3. The number of rotatable bonds is 5. The highest BCUT2D eigenvalue weighted by molar-refractivity contribution is 6.01. The van der Waals surface area contributed by atoms with Crippen molar-refractivity contribution in [2.75, 3.05) is 44.3 Å². The average molecular weight is 630 g/mol. The van der Waals surface area contributed by atoms with Crippen molar-refractivity contribution in [1.29, 1.82) is 0 Å². The van der Waals surface area contributed by atoms with E-state index in [2.05, 4.69) is 31.6 Å². The number of aromatic hydroxyl groups is 1. The third kappa shape index (κ3) is 4.81. The van der Waals surface area contributed by atoms with Gasteiger partial charge < -0.3 is 19.5 Å². The van der Waals surface area contributed by atoms with Crippen molar-refractivity contribution < 1.29 is 27.8 Å². The number of nitrogens with zero attached hydrogens (tertiary/aromatic N) is 5. The fourth-order valence-corrected chi connectivity index (χ4v) is 7.96. The number of hydrogen-bond acceptors (Lipinski definition) is 8. The molecule has 0 radical (unpaired) electrons. The van der Waals surface area contributed by atoms with Crippen molar-refractivity contribution in [3.63, 3.8) is 0 Å². The van der Waals surface area contributed by atoms with Crippen LogP contribution in [0.5, 0.6) is 11.8 Å². The van der Waals surface area contributed by atoms with Gasteiger partial charge in [-0.1, -0.05) is 12.0 Å². The summed E-state index contributed by atoms with van der Waals surface area (Å²) in [4.78, 5) is 18.4. The van der Waals surface area contributed by atoms with E-state index < -0.39 is 23.3 Å². The van der Waals surface area contributed by atoms with E-state index in [9.17, 15) is 13.9 Å². The molecule has 1 unspecified atom stereocenters. The van der Waals surface area contributed by atoms with Crippen LogP contribution in [0.15, 0.2) is 30.3 Å². The molecule has 0 amide bonds. The van der Waals surface area contributed by atoms with Crippen molar-refractivity contribution >= 4 is 27.5 Å². The summed E-state index contributed by atoms with van der Waals surface area (Å²) in [5, 5.41) is 11.8. The number of aromatic nitrogens is 3. The van der Waals surface area contributed by atoms with E-state index in [0.29, 0.717) is 54.6 Å². The number of hydrogen-bond donors (Lipinski definition) is 1. The van der Waals surface area contributed by atoms with E-state index in [-0.39, 0.29) is 46.4 Å². The second kappa shape index (κ2) is 11.0. The van der Waals surface area contributed by atoms with Gasteiger partial charge in [-0.05, 0) is 80.1 Å². The molecule has 2 aromatic carbocycles. The Morgan fingerprint density at radius 2 is 1.93 bits per heavy atom. The summed E-state index contributed by atoms with van der Waals surface area (Å²) < 4.78 is 58.3. The number of alkyl halides is 1. The minimum Gasteiger partial charge on any atom is -0.508 e. The Balaban J connectivity index is 1.32. The topological polar surface area (TPSA) is 83.8 Å². The second-order valence-electron chi connectivity index (χ2n) is 13.1. The monoisotopic (exact) mass is 629 g/mol. The molecule has 4 aliphatic heterocycles. The van der Waals surface area contributed by atoms with E-state index in [1.54, 1.807) is 6.92 Å². The number of pyridine rings is 1. The molecule has 238 valence electrons. The summed E-state index contributed by atoms with van der Waals surface area (Å²) in [6.45, 7) is 4.97. The molecule has 1 N–H and O–H groups in total. The van der Waals surface area contributed by atoms with Gasteiger partial charge in [0.25, 0.3) is 0 Å². The molecule has 0 saturated carbocycles. The van der Waals surface area contributed by atoms with Gasteiger partial charge in [0.15, 0.2) is 5.82 Å². The van der Waals surface area contributed by atoms with Crippen molar-refractivity contribution in [3.8, 4) is 34.9 Å². The van der Waals surface area contributed by atoms with Crippen LogP contribution in [0.4, 0.5) is 19.0 Å². The Labute approximate surface area is 264 Å². The summed E-state index contributed by atoms with van der Waals surface area (Å²) in [7, 11) is 0. The molecule has 0 bridgehead atoms. The highest BCUT2D eigenvalue weighted by Gasteiger charge is 2.49. The second-order valence-corrected chi connectivity index (χ2v) is 13.1. The lowest BCUT2D eigenvalue weighted by molar-refractivity contribution is -0.151. The van der Waals surface area contributed by atoms with E-state index >= 15 is 4.39 Å². The molecule has 0 aliphatic carbocycles. The lowest BCUT2D eigenvalue weighted by atomic mass is 9.85. The third-order valence-corrected chi connectivity index (χ3v) is 10.2. The zero-order valence-electron chi connectivity index (χ0n) is 25.6. The third-order valence-electron chi connectivity index (χ3n) is 10.2. The first-order chi connectivity index (χ1) is 22.3. The Kier molecular flexibility index (Phi) is 6.99. The lowest BCUT2D eigenvalue weighted by Gasteiger charge is -2.48. The van der Waals surface area contributed by atoms with Crippen LogP contribution >= 0.6 is 0 Å². The molecular weight excluding hydrogens is 595 g/mol. The van der Waals surface area contributed by atoms with Crippen LogP contribution in [0.25, 0.3) is 32.9 Å². The van der Waals surface area contributed by atoms with Crippen LogP contribution < -0.4 is 9.64 Å². The summed E-state index contributed by atoms with van der Waals surface area (Å²) in [6.07, 6.45) is 3.93. The van der Waals surface area contributed by atoms with Gasteiger partial charge in [-0.2, -0.15) is 9.97 Å². The lowest BCUT2D eigenvalue weighted by Crippen LogP contribution is -2.56. The molecule has 8 nitrogen and oxygen atoms in total. The van der Waals surface area contributed by atoms with Gasteiger partial charge in [-0.3, -0.25) is 4.90 Å². The summed E-state index contributed by atoms with van der Waals surface area (Å²) in [5.41, 5.74) is -0.433. The number of ether oxygens (including phenoxy) is 2. The molecule has 8 rings (SSSR count). The number of benzene rings is 2. The maximum atomic E-state index is 17.0. The molecule has 46 heavy (non-hydrogen) atoms. The maximum absolute atomic E-state index is 17.0. The first-order valence-electron chi connectivity index (χ1n) is 15.9. The first-order valence-corrected chi connectivity index (χ1v) is 15.9. The number of halogens is 3. The van der Waals surface area contributed by atoms with E-state index in [4.69, 9.17) is 14.5 Å². The number of anilines is 1. The highest BCUT2D eigenvalue weighted by atomic mass is 19.1. The largest absolute Gasteiger partial charge is 0.508 e. The summed E-state index contributed by atoms with van der Waals surface area (Å²) in [5.74, 6) is 4.98. The Bertz CT molecular complexity index is 1940. The van der Waals surface area contributed by atoms with E-state index in [1.807, 2.05) is 0 Å². The molecule has 4 aliphatic rings. The van der Waals surface area contributed by atoms with Gasteiger partial charge in [0, 0.05) is 38.0 Å². The van der Waals surface area contributed by atoms with Gasteiger partial charge in [0.05, 0.1) is 23.1 Å². The van der Waals surface area contributed by atoms with Gasteiger partial charge in [0.2, 0.25) is 0 Å².